The van der Waals surface area contributed by atoms with E-state index in [1.807, 2.05) is 18.2 Å². The topological polar surface area (TPSA) is 43.8 Å². The lowest BCUT2D eigenvalue weighted by molar-refractivity contribution is 0.629. The molecule has 3 aromatic rings. The summed E-state index contributed by atoms with van der Waals surface area (Å²) >= 11 is 6.13. The van der Waals surface area contributed by atoms with E-state index in [-0.39, 0.29) is 11.8 Å². The summed E-state index contributed by atoms with van der Waals surface area (Å²) in [5.41, 5.74) is 7.79. The molecule has 0 saturated carbocycles. The minimum absolute atomic E-state index is 0.281. The Balaban J connectivity index is 2.38. The maximum absolute atomic E-state index is 13.3. The Bertz CT molecular complexity index is 736. The summed E-state index contributed by atoms with van der Waals surface area (Å²) in [4.78, 5) is 4.19. The molecule has 3 nitrogen and oxygen atoms in total. The van der Waals surface area contributed by atoms with Crippen molar-refractivity contribution in [2.24, 2.45) is 0 Å². The van der Waals surface area contributed by atoms with E-state index in [0.717, 1.165) is 0 Å². The fourth-order valence-electron chi connectivity index (χ4n) is 1.95. The Hall–Kier alpha value is -2.07. The summed E-state index contributed by atoms with van der Waals surface area (Å²) in [5.74, 6) is -0.0561. The molecule has 90 valence electrons. The fraction of sp³-hybridized carbons (Fsp3) is 0. The van der Waals surface area contributed by atoms with Crippen molar-refractivity contribution in [2.45, 2.75) is 0 Å². The number of rotatable bonds is 1. The van der Waals surface area contributed by atoms with Crippen LogP contribution in [0.15, 0.2) is 42.5 Å². The van der Waals surface area contributed by atoms with Gasteiger partial charge in [0.1, 0.15) is 5.82 Å². The van der Waals surface area contributed by atoms with Crippen molar-refractivity contribution < 1.29 is 4.39 Å². The lowest BCUT2D eigenvalue weighted by Crippen LogP contribution is -2.01. The average molecular weight is 262 g/mol. The van der Waals surface area contributed by atoms with E-state index < -0.39 is 0 Å². The Kier molecular flexibility index (Phi) is 2.45. The van der Waals surface area contributed by atoms with Crippen LogP contribution in [0.1, 0.15) is 0 Å². The molecule has 0 amide bonds. The van der Waals surface area contributed by atoms with Gasteiger partial charge in [0.2, 0.25) is 5.95 Å². The van der Waals surface area contributed by atoms with Crippen molar-refractivity contribution in [3.05, 3.63) is 53.3 Å². The minimum Gasteiger partial charge on any atom is -0.369 e. The highest BCUT2D eigenvalue weighted by Crippen LogP contribution is 2.28. The van der Waals surface area contributed by atoms with Crippen molar-refractivity contribution in [1.82, 2.24) is 9.55 Å². The highest BCUT2D eigenvalue weighted by molar-refractivity contribution is 6.32. The van der Waals surface area contributed by atoms with Crippen molar-refractivity contribution in [1.29, 1.82) is 0 Å². The zero-order valence-electron chi connectivity index (χ0n) is 9.27. The first-order chi connectivity index (χ1) is 8.66. The normalized spacial score (nSPS) is 11.0. The zero-order valence-corrected chi connectivity index (χ0v) is 10.0. The highest BCUT2D eigenvalue weighted by Gasteiger charge is 2.12. The third-order valence-electron chi connectivity index (χ3n) is 2.74. The van der Waals surface area contributed by atoms with Gasteiger partial charge in [-0.1, -0.05) is 23.7 Å². The number of fused-ring (bicyclic) bond motifs is 1. The Labute approximate surface area is 108 Å². The van der Waals surface area contributed by atoms with E-state index in [1.54, 1.807) is 16.7 Å². The van der Waals surface area contributed by atoms with Crippen LogP contribution in [0.5, 0.6) is 0 Å². The smallest absolute Gasteiger partial charge is 0.205 e. The molecule has 0 fully saturated rings. The molecule has 2 aromatic carbocycles. The standard InChI is InChI=1S/C13H9ClFN3/c14-9-3-1-2-4-11(9)18-12-7-8(15)5-6-10(12)17-13(18)16/h1-7H,(H2,16,17). The van der Waals surface area contributed by atoms with Gasteiger partial charge in [-0.3, -0.25) is 4.57 Å². The van der Waals surface area contributed by atoms with Gasteiger partial charge in [0.25, 0.3) is 0 Å². The fourth-order valence-corrected chi connectivity index (χ4v) is 2.17. The number of nitrogens with two attached hydrogens (primary N) is 1. The van der Waals surface area contributed by atoms with E-state index in [0.29, 0.717) is 21.7 Å². The monoisotopic (exact) mass is 261 g/mol. The molecule has 0 bridgehead atoms. The summed E-state index contributed by atoms with van der Waals surface area (Å²) in [6.07, 6.45) is 0. The van der Waals surface area contributed by atoms with E-state index in [4.69, 9.17) is 17.3 Å². The first-order valence-corrected chi connectivity index (χ1v) is 5.73. The third-order valence-corrected chi connectivity index (χ3v) is 3.06. The van der Waals surface area contributed by atoms with E-state index >= 15 is 0 Å². The molecule has 1 heterocycles. The van der Waals surface area contributed by atoms with Crippen LogP contribution in [-0.4, -0.2) is 9.55 Å². The number of hydrogen-bond acceptors (Lipinski definition) is 2. The van der Waals surface area contributed by atoms with Crippen molar-refractivity contribution >= 4 is 28.6 Å². The van der Waals surface area contributed by atoms with Crippen molar-refractivity contribution in [3.63, 3.8) is 0 Å². The van der Waals surface area contributed by atoms with Crippen LogP contribution in [0, 0.1) is 5.82 Å². The number of anilines is 1. The van der Waals surface area contributed by atoms with Gasteiger partial charge in [-0.2, -0.15) is 0 Å². The van der Waals surface area contributed by atoms with E-state index in [1.165, 1.54) is 12.1 Å². The average Bonchev–Trinajstić information content (AvgIpc) is 2.66. The lowest BCUT2D eigenvalue weighted by Gasteiger charge is -2.08. The molecular weight excluding hydrogens is 253 g/mol. The lowest BCUT2D eigenvalue weighted by atomic mass is 10.2. The summed E-state index contributed by atoms with van der Waals surface area (Å²) in [6, 6.07) is 11.6. The number of nitrogen functional groups attached to an aromatic ring is 1. The zero-order chi connectivity index (χ0) is 12.7. The maximum atomic E-state index is 13.3. The molecule has 0 saturated heterocycles. The molecule has 0 spiro atoms. The number of para-hydroxylation sites is 1. The van der Waals surface area contributed by atoms with Crippen molar-refractivity contribution in [2.75, 3.05) is 5.73 Å². The first kappa shape index (κ1) is 11.0. The van der Waals surface area contributed by atoms with Gasteiger partial charge >= 0.3 is 0 Å². The Morgan fingerprint density at radius 2 is 1.94 bits per heavy atom. The van der Waals surface area contributed by atoms with Gasteiger partial charge in [0.05, 0.1) is 21.7 Å². The molecule has 3 rings (SSSR count). The van der Waals surface area contributed by atoms with Gasteiger partial charge in [0.15, 0.2) is 0 Å². The second-order valence-corrected chi connectivity index (χ2v) is 4.30. The predicted molar refractivity (Wildman–Crippen MR) is 70.5 cm³/mol. The van der Waals surface area contributed by atoms with Gasteiger partial charge in [-0.15, -0.1) is 0 Å². The maximum Gasteiger partial charge on any atom is 0.205 e. The molecule has 18 heavy (non-hydrogen) atoms. The van der Waals surface area contributed by atoms with Crippen molar-refractivity contribution in [3.8, 4) is 5.69 Å². The molecule has 2 N–H and O–H groups in total. The molecule has 0 aliphatic rings. The Morgan fingerprint density at radius 3 is 2.72 bits per heavy atom. The van der Waals surface area contributed by atoms with Crippen LogP contribution >= 0.6 is 11.6 Å². The van der Waals surface area contributed by atoms with Crippen LogP contribution < -0.4 is 5.73 Å². The highest BCUT2D eigenvalue weighted by atomic mass is 35.5. The number of hydrogen-bond donors (Lipinski definition) is 1. The molecular formula is C13H9ClFN3. The second-order valence-electron chi connectivity index (χ2n) is 3.89. The van der Waals surface area contributed by atoms with Gasteiger partial charge in [0, 0.05) is 6.07 Å². The molecule has 0 aliphatic heterocycles. The molecule has 0 radical (unpaired) electrons. The first-order valence-electron chi connectivity index (χ1n) is 5.35. The SMILES string of the molecule is Nc1nc2ccc(F)cc2n1-c1ccccc1Cl. The van der Waals surface area contributed by atoms with Gasteiger partial charge in [-0.25, -0.2) is 9.37 Å². The molecule has 0 unspecified atom stereocenters. The molecule has 0 atom stereocenters. The predicted octanol–water partition coefficient (Wildman–Crippen LogP) is 3.40. The minimum atomic E-state index is -0.337. The largest absolute Gasteiger partial charge is 0.369 e. The summed E-state index contributed by atoms with van der Waals surface area (Å²) in [5, 5.41) is 0.535. The van der Waals surface area contributed by atoms with Crippen LogP contribution in [0.4, 0.5) is 10.3 Å². The van der Waals surface area contributed by atoms with E-state index in [2.05, 4.69) is 4.98 Å². The molecule has 1 aromatic heterocycles. The number of halogens is 2. The summed E-state index contributed by atoms with van der Waals surface area (Å²) in [6.45, 7) is 0. The number of nitrogens with zero attached hydrogens (tertiary/aromatic N) is 2. The molecule has 5 heteroatoms. The third kappa shape index (κ3) is 1.62. The van der Waals surface area contributed by atoms with Crippen LogP contribution in [0.2, 0.25) is 5.02 Å². The van der Waals surface area contributed by atoms with Crippen LogP contribution in [0.25, 0.3) is 16.7 Å². The summed E-state index contributed by atoms with van der Waals surface area (Å²) < 4.78 is 15.0. The number of aromatic nitrogens is 2. The number of imidazole rings is 1. The quantitative estimate of drug-likeness (QED) is 0.730. The summed E-state index contributed by atoms with van der Waals surface area (Å²) in [7, 11) is 0. The van der Waals surface area contributed by atoms with Gasteiger partial charge < -0.3 is 5.73 Å². The van der Waals surface area contributed by atoms with Gasteiger partial charge in [-0.05, 0) is 24.3 Å². The van der Waals surface area contributed by atoms with E-state index in [9.17, 15) is 4.39 Å². The van der Waals surface area contributed by atoms with Crippen LogP contribution in [0.3, 0.4) is 0 Å². The Morgan fingerprint density at radius 1 is 1.17 bits per heavy atom. The number of benzene rings is 2. The second kappa shape index (κ2) is 3.99. The molecule has 0 aliphatic carbocycles. The van der Waals surface area contributed by atoms with Crippen LogP contribution in [-0.2, 0) is 0 Å².